The molecule has 9 heavy (non-hydrogen) atoms. The number of hydrogen-bond donors (Lipinski definition) is 0. The molecule has 0 spiro atoms. The lowest BCUT2D eigenvalue weighted by atomic mass is 10.3. The second kappa shape index (κ2) is 5.17. The van der Waals surface area contributed by atoms with Crippen LogP contribution in [-0.4, -0.2) is 11.4 Å². The minimum absolute atomic E-state index is 0.802. The molecule has 0 aromatic heterocycles. The summed E-state index contributed by atoms with van der Waals surface area (Å²) < 4.78 is 0. The minimum atomic E-state index is 0.802. The fraction of sp³-hybridized carbons (Fsp3) is 0.571. The van der Waals surface area contributed by atoms with E-state index in [4.69, 9.17) is 5.26 Å². The molecule has 0 heterocycles. The lowest BCUT2D eigenvalue weighted by molar-refractivity contribution is 0.502. The molecule has 0 aliphatic carbocycles. The number of nitriles is 1. The van der Waals surface area contributed by atoms with Gasteiger partial charge < -0.3 is 0 Å². The maximum Gasteiger partial charge on any atom is 0.183 e. The Balaban J connectivity index is 3.34. The third kappa shape index (κ3) is 3.60. The van der Waals surface area contributed by atoms with Gasteiger partial charge in [0.2, 0.25) is 0 Å². The quantitative estimate of drug-likeness (QED) is 0.421. The predicted octanol–water partition coefficient (Wildman–Crippen LogP) is 1.71. The highest BCUT2D eigenvalue weighted by Gasteiger charge is 1.91. The van der Waals surface area contributed by atoms with Gasteiger partial charge in [-0.05, 0) is 6.42 Å². The van der Waals surface area contributed by atoms with Gasteiger partial charge in [0.15, 0.2) is 6.19 Å². The highest BCUT2D eigenvalue weighted by atomic mass is 15.1. The number of nitrogens with zero attached hydrogens (tertiary/aromatic N) is 2. The molecule has 0 aromatic carbocycles. The van der Waals surface area contributed by atoms with E-state index in [9.17, 15) is 0 Å². The van der Waals surface area contributed by atoms with Gasteiger partial charge in [-0.1, -0.05) is 19.9 Å². The summed E-state index contributed by atoms with van der Waals surface area (Å²) in [6.07, 6.45) is 5.73. The molecular weight excluding hydrogens is 112 g/mol. The van der Waals surface area contributed by atoms with Crippen molar-refractivity contribution < 1.29 is 0 Å². The normalized spacial score (nSPS) is 8.00. The molecule has 2 heteroatoms. The molecule has 0 saturated heterocycles. The second-order valence-electron chi connectivity index (χ2n) is 1.83. The summed E-state index contributed by atoms with van der Waals surface area (Å²) in [5.74, 6) is 0. The maximum absolute atomic E-state index is 8.36. The summed E-state index contributed by atoms with van der Waals surface area (Å²) >= 11 is 0. The SMILES string of the molecule is C=CN(C#N)CCCC. The van der Waals surface area contributed by atoms with E-state index in [0.717, 1.165) is 19.4 Å². The van der Waals surface area contributed by atoms with Crippen LogP contribution in [-0.2, 0) is 0 Å². The Bertz CT molecular complexity index is 113. The zero-order chi connectivity index (χ0) is 7.11. The fourth-order valence-corrected chi connectivity index (χ4v) is 0.511. The van der Waals surface area contributed by atoms with Crippen LogP contribution in [0, 0.1) is 11.5 Å². The van der Waals surface area contributed by atoms with Crippen molar-refractivity contribution in [2.45, 2.75) is 19.8 Å². The van der Waals surface area contributed by atoms with Crippen LogP contribution < -0.4 is 0 Å². The van der Waals surface area contributed by atoms with Crippen LogP contribution in [0.25, 0.3) is 0 Å². The molecule has 0 rings (SSSR count). The molecule has 0 aliphatic heterocycles. The van der Waals surface area contributed by atoms with Crippen LogP contribution in [0.1, 0.15) is 19.8 Å². The molecule has 0 radical (unpaired) electrons. The first kappa shape index (κ1) is 8.03. The van der Waals surface area contributed by atoms with Crippen LogP contribution in [0.4, 0.5) is 0 Å². The van der Waals surface area contributed by atoms with E-state index in [1.54, 1.807) is 6.20 Å². The highest BCUT2D eigenvalue weighted by molar-refractivity contribution is 4.82. The Morgan fingerprint density at radius 1 is 1.78 bits per heavy atom. The summed E-state index contributed by atoms with van der Waals surface area (Å²) in [6, 6.07) is 0. The summed E-state index contributed by atoms with van der Waals surface area (Å²) in [7, 11) is 0. The molecule has 2 nitrogen and oxygen atoms in total. The van der Waals surface area contributed by atoms with Crippen molar-refractivity contribution in [3.63, 3.8) is 0 Å². The Morgan fingerprint density at radius 3 is 2.78 bits per heavy atom. The van der Waals surface area contributed by atoms with Gasteiger partial charge in [0, 0.05) is 12.7 Å². The molecule has 0 atom stereocenters. The predicted molar refractivity (Wildman–Crippen MR) is 37.4 cm³/mol. The average molecular weight is 124 g/mol. The van der Waals surface area contributed by atoms with Crippen molar-refractivity contribution in [3.05, 3.63) is 12.8 Å². The van der Waals surface area contributed by atoms with Crippen LogP contribution in [0.15, 0.2) is 12.8 Å². The third-order valence-electron chi connectivity index (χ3n) is 1.10. The van der Waals surface area contributed by atoms with E-state index in [1.165, 1.54) is 4.90 Å². The molecule has 50 valence electrons. The van der Waals surface area contributed by atoms with E-state index >= 15 is 0 Å². The van der Waals surface area contributed by atoms with Crippen LogP contribution >= 0.6 is 0 Å². The summed E-state index contributed by atoms with van der Waals surface area (Å²) in [6.45, 7) is 6.39. The maximum atomic E-state index is 8.36. The van der Waals surface area contributed by atoms with Crippen molar-refractivity contribution in [1.82, 2.24) is 4.90 Å². The average Bonchev–Trinajstić information content (AvgIpc) is 1.91. The summed E-state index contributed by atoms with van der Waals surface area (Å²) in [4.78, 5) is 1.53. The van der Waals surface area contributed by atoms with Crippen molar-refractivity contribution in [2.75, 3.05) is 6.54 Å². The highest BCUT2D eigenvalue weighted by Crippen LogP contribution is 1.91. The second-order valence-corrected chi connectivity index (χ2v) is 1.83. The van der Waals surface area contributed by atoms with Crippen molar-refractivity contribution in [2.24, 2.45) is 0 Å². The first-order chi connectivity index (χ1) is 4.35. The first-order valence-electron chi connectivity index (χ1n) is 3.14. The zero-order valence-electron chi connectivity index (χ0n) is 5.80. The van der Waals surface area contributed by atoms with E-state index in [1.807, 2.05) is 6.19 Å². The summed E-state index contributed by atoms with van der Waals surface area (Å²) in [5, 5.41) is 8.36. The fourth-order valence-electron chi connectivity index (χ4n) is 0.511. The molecular formula is C7H12N2. The van der Waals surface area contributed by atoms with E-state index < -0.39 is 0 Å². The van der Waals surface area contributed by atoms with Crippen molar-refractivity contribution in [3.8, 4) is 6.19 Å². The molecule has 0 aromatic rings. The van der Waals surface area contributed by atoms with Crippen molar-refractivity contribution in [1.29, 1.82) is 5.26 Å². The largest absolute Gasteiger partial charge is 0.287 e. The smallest absolute Gasteiger partial charge is 0.183 e. The monoisotopic (exact) mass is 124 g/mol. The topological polar surface area (TPSA) is 27.0 Å². The third-order valence-corrected chi connectivity index (χ3v) is 1.10. The van der Waals surface area contributed by atoms with Crippen LogP contribution in [0.3, 0.4) is 0 Å². The molecule has 0 N–H and O–H groups in total. The molecule has 0 fully saturated rings. The molecule has 0 bridgehead atoms. The van der Waals surface area contributed by atoms with Crippen LogP contribution in [0.2, 0.25) is 0 Å². The number of rotatable bonds is 4. The Kier molecular flexibility index (Phi) is 4.61. The van der Waals surface area contributed by atoms with Crippen LogP contribution in [0.5, 0.6) is 0 Å². The standard InChI is InChI=1S/C7H12N2/c1-3-5-6-9(4-2)7-8/h4H,2-3,5-6H2,1H3. The number of hydrogen-bond acceptors (Lipinski definition) is 2. The molecule has 0 amide bonds. The molecule has 0 aliphatic rings. The van der Waals surface area contributed by atoms with Gasteiger partial charge in [-0.3, -0.25) is 4.90 Å². The van der Waals surface area contributed by atoms with E-state index in [2.05, 4.69) is 13.5 Å². The Hall–Kier alpha value is -0.970. The van der Waals surface area contributed by atoms with Crippen molar-refractivity contribution >= 4 is 0 Å². The van der Waals surface area contributed by atoms with Gasteiger partial charge in [-0.25, -0.2) is 0 Å². The van der Waals surface area contributed by atoms with E-state index in [-0.39, 0.29) is 0 Å². The lowest BCUT2D eigenvalue weighted by Gasteiger charge is -2.06. The van der Waals surface area contributed by atoms with Gasteiger partial charge in [-0.2, -0.15) is 5.26 Å². The Labute approximate surface area is 56.4 Å². The molecule has 0 saturated carbocycles. The first-order valence-corrected chi connectivity index (χ1v) is 3.14. The number of unbranched alkanes of at least 4 members (excludes halogenated alkanes) is 1. The Morgan fingerprint density at radius 2 is 2.44 bits per heavy atom. The summed E-state index contributed by atoms with van der Waals surface area (Å²) in [5.41, 5.74) is 0. The van der Waals surface area contributed by atoms with Gasteiger partial charge >= 0.3 is 0 Å². The van der Waals surface area contributed by atoms with Gasteiger partial charge in [0.25, 0.3) is 0 Å². The van der Waals surface area contributed by atoms with Gasteiger partial charge in [0.05, 0.1) is 0 Å². The molecule has 0 unspecified atom stereocenters. The van der Waals surface area contributed by atoms with E-state index in [0.29, 0.717) is 0 Å². The minimum Gasteiger partial charge on any atom is -0.287 e. The lowest BCUT2D eigenvalue weighted by Crippen LogP contribution is -2.10. The van der Waals surface area contributed by atoms with Gasteiger partial charge in [0.1, 0.15) is 0 Å². The van der Waals surface area contributed by atoms with Gasteiger partial charge in [-0.15, -0.1) is 0 Å². The zero-order valence-corrected chi connectivity index (χ0v) is 5.80.